The number of nitrogens with one attached hydrogen (secondary N) is 1. The van der Waals surface area contributed by atoms with Gasteiger partial charge in [-0.2, -0.15) is 0 Å². The maximum Gasteiger partial charge on any atom is 0.241 e. The van der Waals surface area contributed by atoms with Crippen LogP contribution in [-0.2, 0) is 14.8 Å². The van der Waals surface area contributed by atoms with Crippen molar-refractivity contribution in [3.05, 3.63) is 23.3 Å². The van der Waals surface area contributed by atoms with E-state index >= 15 is 0 Å². The van der Waals surface area contributed by atoms with E-state index in [0.717, 1.165) is 11.1 Å². The number of anilines is 1. The topological polar surface area (TPSA) is 81.4 Å². The van der Waals surface area contributed by atoms with E-state index in [1.54, 1.807) is 6.07 Å². The molecule has 0 amide bonds. The summed E-state index contributed by atoms with van der Waals surface area (Å²) in [6.45, 7) is 6.81. The number of aryl methyl sites for hydroxylation is 1. The fourth-order valence-electron chi connectivity index (χ4n) is 2.31. The molecule has 0 atom stereocenters. The quantitative estimate of drug-likeness (QED) is 0.833. The monoisotopic (exact) mass is 298 g/mol. The van der Waals surface area contributed by atoms with Crippen molar-refractivity contribution in [2.45, 2.75) is 44.0 Å². The third-order valence-corrected chi connectivity index (χ3v) is 5.59. The Morgan fingerprint density at radius 3 is 2.40 bits per heavy atom. The van der Waals surface area contributed by atoms with Crippen molar-refractivity contribution in [3.8, 4) is 0 Å². The zero-order chi connectivity index (χ0) is 15.0. The van der Waals surface area contributed by atoms with Crippen molar-refractivity contribution in [2.24, 2.45) is 0 Å². The van der Waals surface area contributed by atoms with Crippen molar-refractivity contribution in [1.29, 1.82) is 0 Å². The van der Waals surface area contributed by atoms with E-state index in [1.807, 2.05) is 20.8 Å². The Morgan fingerprint density at radius 2 is 1.85 bits per heavy atom. The Balaban J connectivity index is 2.31. The summed E-state index contributed by atoms with van der Waals surface area (Å²) < 4.78 is 33.1. The van der Waals surface area contributed by atoms with Gasteiger partial charge in [0.1, 0.15) is 0 Å². The minimum absolute atomic E-state index is 0.228. The second kappa shape index (κ2) is 5.35. The van der Waals surface area contributed by atoms with Gasteiger partial charge in [-0.15, -0.1) is 0 Å². The SMILES string of the molecule is Cc1cc(S(=O)(=O)NC2(C)CCOCC2)cc(N)c1C. The van der Waals surface area contributed by atoms with Gasteiger partial charge in [0.2, 0.25) is 10.0 Å². The van der Waals surface area contributed by atoms with Crippen molar-refractivity contribution < 1.29 is 13.2 Å². The summed E-state index contributed by atoms with van der Waals surface area (Å²) in [6, 6.07) is 3.18. The number of hydrogen-bond acceptors (Lipinski definition) is 4. The van der Waals surface area contributed by atoms with E-state index < -0.39 is 15.6 Å². The third kappa shape index (κ3) is 3.13. The van der Waals surface area contributed by atoms with Crippen LogP contribution >= 0.6 is 0 Å². The maximum absolute atomic E-state index is 12.5. The zero-order valence-corrected chi connectivity index (χ0v) is 13.0. The normalized spacial score (nSPS) is 18.9. The number of hydrogen-bond donors (Lipinski definition) is 2. The molecule has 1 aromatic carbocycles. The van der Waals surface area contributed by atoms with Gasteiger partial charge < -0.3 is 10.5 Å². The minimum Gasteiger partial charge on any atom is -0.398 e. The lowest BCUT2D eigenvalue weighted by atomic mass is 9.94. The van der Waals surface area contributed by atoms with Crippen molar-refractivity contribution in [2.75, 3.05) is 18.9 Å². The van der Waals surface area contributed by atoms with Crippen molar-refractivity contribution in [1.82, 2.24) is 4.72 Å². The Kier molecular flexibility index (Phi) is 4.09. The fourth-order valence-corrected chi connectivity index (χ4v) is 3.90. The lowest BCUT2D eigenvalue weighted by Gasteiger charge is -2.34. The number of ether oxygens (including phenoxy) is 1. The van der Waals surface area contributed by atoms with Gasteiger partial charge in [-0.3, -0.25) is 0 Å². The standard InChI is InChI=1S/C14H22N2O3S/c1-10-8-12(9-13(15)11(10)2)20(17,18)16-14(3)4-6-19-7-5-14/h8-9,16H,4-7,15H2,1-3H3. The number of nitrogens with two attached hydrogens (primary N) is 1. The summed E-state index contributed by atoms with van der Waals surface area (Å²) in [4.78, 5) is 0.228. The lowest BCUT2D eigenvalue weighted by Crippen LogP contribution is -2.49. The van der Waals surface area contributed by atoms with Gasteiger partial charge in [0.15, 0.2) is 0 Å². The first-order chi connectivity index (χ1) is 9.23. The van der Waals surface area contributed by atoms with Crippen LogP contribution in [0, 0.1) is 13.8 Å². The van der Waals surface area contributed by atoms with E-state index in [0.29, 0.717) is 31.7 Å². The third-order valence-electron chi connectivity index (χ3n) is 3.97. The van der Waals surface area contributed by atoms with E-state index in [9.17, 15) is 8.42 Å². The van der Waals surface area contributed by atoms with Crippen LogP contribution in [-0.4, -0.2) is 27.2 Å². The van der Waals surface area contributed by atoms with Crippen LogP contribution in [0.5, 0.6) is 0 Å². The number of sulfonamides is 1. The molecule has 2 rings (SSSR count). The van der Waals surface area contributed by atoms with E-state index in [1.165, 1.54) is 6.07 Å². The van der Waals surface area contributed by atoms with Crippen LogP contribution in [0.4, 0.5) is 5.69 Å². The summed E-state index contributed by atoms with van der Waals surface area (Å²) in [6.07, 6.45) is 1.35. The van der Waals surface area contributed by atoms with Gasteiger partial charge in [0.05, 0.1) is 4.90 Å². The smallest absolute Gasteiger partial charge is 0.241 e. The Bertz CT molecular complexity index is 582. The summed E-state index contributed by atoms with van der Waals surface area (Å²) in [5, 5.41) is 0. The first-order valence-electron chi connectivity index (χ1n) is 6.72. The molecule has 5 nitrogen and oxygen atoms in total. The van der Waals surface area contributed by atoms with Crippen molar-refractivity contribution >= 4 is 15.7 Å². The Hall–Kier alpha value is -1.11. The second-order valence-electron chi connectivity index (χ2n) is 5.73. The molecular formula is C14H22N2O3S. The van der Waals surface area contributed by atoms with Crippen molar-refractivity contribution in [3.63, 3.8) is 0 Å². The summed E-state index contributed by atoms with van der Waals surface area (Å²) in [5.74, 6) is 0. The van der Waals surface area contributed by atoms with E-state index in [2.05, 4.69) is 4.72 Å². The highest BCUT2D eigenvalue weighted by molar-refractivity contribution is 7.89. The molecule has 6 heteroatoms. The Labute approximate surface area is 120 Å². The van der Waals surface area contributed by atoms with Crippen LogP contribution in [0.1, 0.15) is 30.9 Å². The van der Waals surface area contributed by atoms with Gasteiger partial charge in [0, 0.05) is 24.4 Å². The first kappa shape index (κ1) is 15.3. The molecule has 0 bridgehead atoms. The molecule has 1 aliphatic heterocycles. The molecule has 0 unspecified atom stereocenters. The molecule has 1 saturated heterocycles. The predicted octanol–water partition coefficient (Wildman–Crippen LogP) is 1.73. The summed E-state index contributed by atoms with van der Waals surface area (Å²) >= 11 is 0. The highest BCUT2D eigenvalue weighted by Crippen LogP contribution is 2.26. The van der Waals surface area contributed by atoms with Crippen LogP contribution in [0.3, 0.4) is 0 Å². The van der Waals surface area contributed by atoms with E-state index in [4.69, 9.17) is 10.5 Å². The molecule has 0 aromatic heterocycles. The minimum atomic E-state index is -3.57. The second-order valence-corrected chi connectivity index (χ2v) is 7.42. The van der Waals surface area contributed by atoms with Gasteiger partial charge in [-0.1, -0.05) is 0 Å². The molecule has 0 aliphatic carbocycles. The van der Waals surface area contributed by atoms with Crippen LogP contribution in [0.2, 0.25) is 0 Å². The van der Waals surface area contributed by atoms with Crippen LogP contribution in [0.15, 0.2) is 17.0 Å². The average molecular weight is 298 g/mol. The number of benzene rings is 1. The van der Waals surface area contributed by atoms with Gasteiger partial charge in [-0.05, 0) is 56.9 Å². The molecular weight excluding hydrogens is 276 g/mol. The molecule has 1 fully saturated rings. The van der Waals surface area contributed by atoms with Gasteiger partial charge in [-0.25, -0.2) is 13.1 Å². The molecule has 20 heavy (non-hydrogen) atoms. The number of nitrogen functional groups attached to an aromatic ring is 1. The highest BCUT2D eigenvalue weighted by Gasteiger charge is 2.32. The predicted molar refractivity (Wildman–Crippen MR) is 79.1 cm³/mol. The first-order valence-corrected chi connectivity index (χ1v) is 8.20. The van der Waals surface area contributed by atoms with Crippen LogP contribution < -0.4 is 10.5 Å². The summed E-state index contributed by atoms with van der Waals surface area (Å²) in [7, 11) is -3.57. The average Bonchev–Trinajstić information content (AvgIpc) is 2.35. The fraction of sp³-hybridized carbons (Fsp3) is 0.571. The molecule has 112 valence electrons. The molecule has 1 aromatic rings. The van der Waals surface area contributed by atoms with Crippen LogP contribution in [0.25, 0.3) is 0 Å². The zero-order valence-electron chi connectivity index (χ0n) is 12.2. The van der Waals surface area contributed by atoms with Gasteiger partial charge in [0.25, 0.3) is 0 Å². The largest absolute Gasteiger partial charge is 0.398 e. The molecule has 0 saturated carbocycles. The molecule has 0 radical (unpaired) electrons. The molecule has 1 heterocycles. The Morgan fingerprint density at radius 1 is 1.25 bits per heavy atom. The molecule has 1 aliphatic rings. The maximum atomic E-state index is 12.5. The molecule has 3 N–H and O–H groups in total. The molecule has 0 spiro atoms. The van der Waals surface area contributed by atoms with Gasteiger partial charge >= 0.3 is 0 Å². The number of rotatable bonds is 3. The summed E-state index contributed by atoms with van der Waals surface area (Å²) in [5.41, 5.74) is 7.72. The highest BCUT2D eigenvalue weighted by atomic mass is 32.2. The lowest BCUT2D eigenvalue weighted by molar-refractivity contribution is 0.0537. The van der Waals surface area contributed by atoms with E-state index in [-0.39, 0.29) is 4.90 Å².